The van der Waals surface area contributed by atoms with Crippen LogP contribution in [0.15, 0.2) is 242 Å². The first kappa shape index (κ1) is 38.1. The zero-order chi connectivity index (χ0) is 42.4. The largest absolute Gasteiger partial charge is 0.311 e. The number of nitrogens with zero attached hydrogens (tertiary/aromatic N) is 1. The van der Waals surface area contributed by atoms with Gasteiger partial charge in [0.1, 0.15) is 0 Å². The van der Waals surface area contributed by atoms with E-state index in [9.17, 15) is 0 Å². The SMILES string of the molecule is C1=CC(N(c2ccc(-c3ccc4sc5ccccc5c4c3)cc2)c2ccc(-c3cccc4c3sc3ccccc34)cc2)=CCC=C1c1cc(-c2ccccc2)cc(-c2ccccc2)c1. The van der Waals surface area contributed by atoms with E-state index in [0.717, 1.165) is 23.5 Å². The lowest BCUT2D eigenvalue weighted by atomic mass is 9.93. The van der Waals surface area contributed by atoms with Crippen LogP contribution >= 0.6 is 22.7 Å². The third-order valence-corrected chi connectivity index (χ3v) is 14.9. The number of fused-ring (bicyclic) bond motifs is 6. The normalized spacial score (nSPS) is 12.8. The van der Waals surface area contributed by atoms with Gasteiger partial charge in [-0.25, -0.2) is 0 Å². The highest BCUT2D eigenvalue weighted by molar-refractivity contribution is 7.26. The van der Waals surface area contributed by atoms with Crippen molar-refractivity contribution in [1.29, 1.82) is 0 Å². The highest BCUT2D eigenvalue weighted by atomic mass is 32.1. The number of anilines is 2. The van der Waals surface area contributed by atoms with Gasteiger partial charge in [0.05, 0.1) is 0 Å². The molecule has 0 saturated heterocycles. The fourth-order valence-corrected chi connectivity index (χ4v) is 11.6. The molecule has 0 atom stereocenters. The molecule has 0 saturated carbocycles. The van der Waals surface area contributed by atoms with Crippen molar-refractivity contribution in [3.05, 3.63) is 248 Å². The molecule has 0 spiro atoms. The van der Waals surface area contributed by atoms with Crippen LogP contribution in [0.2, 0.25) is 0 Å². The Kier molecular flexibility index (Phi) is 9.71. The molecule has 2 heterocycles. The first-order chi connectivity index (χ1) is 31.7. The van der Waals surface area contributed by atoms with Crippen LogP contribution in [0, 0.1) is 0 Å². The van der Waals surface area contributed by atoms with E-state index in [0.29, 0.717) is 0 Å². The second-order valence-corrected chi connectivity index (χ2v) is 18.5. The first-order valence-electron chi connectivity index (χ1n) is 21.9. The predicted octanol–water partition coefficient (Wildman–Crippen LogP) is 18.2. The van der Waals surface area contributed by atoms with Crippen molar-refractivity contribution in [3.8, 4) is 44.5 Å². The fourth-order valence-electron chi connectivity index (χ4n) is 9.31. The van der Waals surface area contributed by atoms with Crippen LogP contribution in [0.3, 0.4) is 0 Å². The summed E-state index contributed by atoms with van der Waals surface area (Å²) >= 11 is 3.74. The highest BCUT2D eigenvalue weighted by Crippen LogP contribution is 2.42. The third kappa shape index (κ3) is 7.06. The van der Waals surface area contributed by atoms with Crippen LogP contribution in [-0.2, 0) is 0 Å². The Morgan fingerprint density at radius 3 is 1.55 bits per heavy atom. The van der Waals surface area contributed by atoms with E-state index in [1.165, 1.54) is 96.0 Å². The molecular formula is C61H41NS2. The summed E-state index contributed by atoms with van der Waals surface area (Å²) in [6.07, 6.45) is 10.1. The molecule has 0 fully saturated rings. The van der Waals surface area contributed by atoms with Crippen molar-refractivity contribution < 1.29 is 0 Å². The number of allylic oxidation sites excluding steroid dienone is 5. The zero-order valence-electron chi connectivity index (χ0n) is 35.0. The topological polar surface area (TPSA) is 3.24 Å². The molecule has 0 radical (unpaired) electrons. The van der Waals surface area contributed by atoms with Crippen molar-refractivity contribution in [2.75, 3.05) is 4.90 Å². The maximum Gasteiger partial charge on any atom is 0.0461 e. The molecular weight excluding hydrogens is 811 g/mol. The molecule has 1 aliphatic carbocycles. The minimum atomic E-state index is 0.795. The molecule has 11 aromatic rings. The number of thiophene rings is 2. The van der Waals surface area contributed by atoms with Gasteiger partial charge >= 0.3 is 0 Å². The van der Waals surface area contributed by atoms with Gasteiger partial charge in [0.2, 0.25) is 0 Å². The Hall–Kier alpha value is -7.56. The molecule has 0 aliphatic heterocycles. The van der Waals surface area contributed by atoms with E-state index in [1.807, 2.05) is 22.7 Å². The standard InChI is InChI=1S/C61H41NS2/c1-3-13-41(14-4-1)47-37-48(42-15-5-2-6-16-42)39-49(38-47)43-17-11-18-50(31-25-43)62(51-32-26-44(27-33-51)46-30-36-60-57(40-46)55-20-8-9-23-58(55)63-60)52-34-28-45(29-35-52)53-21-12-22-56-54-19-7-10-24-59(54)64-61(53)56/h1-10,12-40H,11H2. The molecule has 0 N–H and O–H groups in total. The number of rotatable bonds is 8. The summed E-state index contributed by atoms with van der Waals surface area (Å²) in [6.45, 7) is 0. The second kappa shape index (κ2) is 16.3. The Morgan fingerprint density at radius 2 is 0.859 bits per heavy atom. The van der Waals surface area contributed by atoms with Crippen LogP contribution < -0.4 is 4.90 Å². The van der Waals surface area contributed by atoms with Crippen LogP contribution in [-0.4, -0.2) is 0 Å². The summed E-state index contributed by atoms with van der Waals surface area (Å²) < 4.78 is 5.30. The van der Waals surface area contributed by atoms with E-state index in [1.54, 1.807) is 0 Å². The maximum atomic E-state index is 2.41. The predicted molar refractivity (Wildman–Crippen MR) is 279 cm³/mol. The van der Waals surface area contributed by atoms with Crippen molar-refractivity contribution >= 4 is 80.0 Å². The molecule has 64 heavy (non-hydrogen) atoms. The lowest BCUT2D eigenvalue weighted by Gasteiger charge is -2.27. The fraction of sp³-hybridized carbons (Fsp3) is 0.0164. The van der Waals surface area contributed by atoms with Gasteiger partial charge in [0.15, 0.2) is 0 Å². The average Bonchev–Trinajstić information content (AvgIpc) is 3.84. The van der Waals surface area contributed by atoms with E-state index >= 15 is 0 Å². The van der Waals surface area contributed by atoms with Gasteiger partial charge in [-0.3, -0.25) is 0 Å². The molecule has 2 aromatic heterocycles. The summed E-state index contributed by atoms with van der Waals surface area (Å²) in [4.78, 5) is 2.41. The third-order valence-electron chi connectivity index (χ3n) is 12.5. The summed E-state index contributed by atoms with van der Waals surface area (Å²) in [5.74, 6) is 0. The zero-order valence-corrected chi connectivity index (χ0v) is 36.6. The quantitative estimate of drug-likeness (QED) is 0.147. The van der Waals surface area contributed by atoms with Crippen molar-refractivity contribution in [2.24, 2.45) is 0 Å². The molecule has 1 nitrogen and oxygen atoms in total. The summed E-state index contributed by atoms with van der Waals surface area (Å²) in [6, 6.07) is 77.8. The highest BCUT2D eigenvalue weighted by Gasteiger charge is 2.18. The van der Waals surface area contributed by atoms with Crippen LogP contribution in [0.1, 0.15) is 12.0 Å². The lowest BCUT2D eigenvalue weighted by Crippen LogP contribution is -2.15. The molecule has 302 valence electrons. The van der Waals surface area contributed by atoms with Crippen molar-refractivity contribution in [3.63, 3.8) is 0 Å². The van der Waals surface area contributed by atoms with Crippen molar-refractivity contribution in [1.82, 2.24) is 0 Å². The number of hydrogen-bond donors (Lipinski definition) is 0. The first-order valence-corrected chi connectivity index (χ1v) is 23.5. The van der Waals surface area contributed by atoms with Gasteiger partial charge in [-0.15, -0.1) is 22.7 Å². The lowest BCUT2D eigenvalue weighted by molar-refractivity contribution is 1.18. The molecule has 0 bridgehead atoms. The van der Waals surface area contributed by atoms with Gasteiger partial charge in [-0.1, -0.05) is 164 Å². The average molecular weight is 852 g/mol. The van der Waals surface area contributed by atoms with Crippen LogP contribution in [0.25, 0.3) is 90.4 Å². The summed E-state index contributed by atoms with van der Waals surface area (Å²) in [5.41, 5.74) is 15.5. The van der Waals surface area contributed by atoms with E-state index in [4.69, 9.17) is 0 Å². The van der Waals surface area contributed by atoms with Crippen molar-refractivity contribution in [2.45, 2.75) is 6.42 Å². The monoisotopic (exact) mass is 851 g/mol. The molecule has 3 heteroatoms. The van der Waals surface area contributed by atoms with Gasteiger partial charge in [-0.05, 0) is 135 Å². The summed E-state index contributed by atoms with van der Waals surface area (Å²) in [5, 5.41) is 5.28. The Bertz CT molecular complexity index is 3550. The van der Waals surface area contributed by atoms with E-state index in [2.05, 4.69) is 242 Å². The van der Waals surface area contributed by atoms with Crippen LogP contribution in [0.4, 0.5) is 11.4 Å². The molecule has 1 aliphatic rings. The minimum absolute atomic E-state index is 0.795. The Labute approximate surface area is 381 Å². The Morgan fingerprint density at radius 1 is 0.328 bits per heavy atom. The Balaban J connectivity index is 0.927. The van der Waals surface area contributed by atoms with Gasteiger partial charge < -0.3 is 4.90 Å². The van der Waals surface area contributed by atoms with E-state index in [-0.39, 0.29) is 0 Å². The number of benzene rings is 9. The maximum absolute atomic E-state index is 2.41. The van der Waals surface area contributed by atoms with Gasteiger partial charge in [0.25, 0.3) is 0 Å². The molecule has 9 aromatic carbocycles. The molecule has 12 rings (SSSR count). The van der Waals surface area contributed by atoms with Gasteiger partial charge in [0, 0.05) is 57.4 Å². The molecule has 0 amide bonds. The minimum Gasteiger partial charge on any atom is -0.311 e. The number of hydrogen-bond acceptors (Lipinski definition) is 3. The molecule has 0 unspecified atom stereocenters. The smallest absolute Gasteiger partial charge is 0.0461 e. The van der Waals surface area contributed by atoms with Gasteiger partial charge in [-0.2, -0.15) is 0 Å². The van der Waals surface area contributed by atoms with E-state index < -0.39 is 0 Å². The van der Waals surface area contributed by atoms with Crippen LogP contribution in [0.5, 0.6) is 0 Å². The summed E-state index contributed by atoms with van der Waals surface area (Å²) in [7, 11) is 0. The second-order valence-electron chi connectivity index (χ2n) is 16.4.